The quantitative estimate of drug-likeness (QED) is 0.343. The molecule has 4 aromatic rings. The minimum atomic E-state index is -4.57. The highest BCUT2D eigenvalue weighted by molar-refractivity contribution is 7.89. The molecule has 1 aromatic heterocycles. The van der Waals surface area contributed by atoms with Gasteiger partial charge in [0, 0.05) is 16.5 Å². The monoisotopic (exact) mass is 458 g/mol. The average Bonchev–Trinajstić information content (AvgIpc) is 3.11. The molecule has 0 saturated heterocycles. The first kappa shape index (κ1) is 21.8. The summed E-state index contributed by atoms with van der Waals surface area (Å²) in [6.45, 7) is 0. The van der Waals surface area contributed by atoms with Gasteiger partial charge in [-0.05, 0) is 17.7 Å². The van der Waals surface area contributed by atoms with E-state index in [-0.39, 0.29) is 16.9 Å². The zero-order valence-electron chi connectivity index (χ0n) is 16.6. The Morgan fingerprint density at radius 1 is 0.844 bits per heavy atom. The van der Waals surface area contributed by atoms with Crippen molar-refractivity contribution in [1.82, 2.24) is 0 Å². The molecule has 0 bridgehead atoms. The Bertz CT molecular complexity index is 1390. The largest absolute Gasteiger partial charge is 0.452 e. The second-order valence-corrected chi connectivity index (χ2v) is 9.40. The number of fused-ring (bicyclic) bond motifs is 1. The molecule has 3 aromatic carbocycles. The lowest BCUT2D eigenvalue weighted by Gasteiger charge is -2.10. The van der Waals surface area contributed by atoms with Crippen molar-refractivity contribution in [3.05, 3.63) is 107 Å². The van der Waals surface area contributed by atoms with Crippen LogP contribution in [0.25, 0.3) is 11.0 Å². The van der Waals surface area contributed by atoms with Crippen LogP contribution in [-0.4, -0.2) is 14.2 Å². The van der Waals surface area contributed by atoms with Crippen molar-refractivity contribution in [3.63, 3.8) is 0 Å². The van der Waals surface area contributed by atoms with Crippen molar-refractivity contribution in [3.8, 4) is 0 Å². The van der Waals surface area contributed by atoms with Gasteiger partial charge in [0.15, 0.2) is 15.6 Å². The van der Waals surface area contributed by atoms with Crippen LogP contribution < -0.4 is 0 Å². The van der Waals surface area contributed by atoms with Gasteiger partial charge in [0.25, 0.3) is 0 Å². The van der Waals surface area contributed by atoms with E-state index in [1.54, 1.807) is 54.6 Å². The summed E-state index contributed by atoms with van der Waals surface area (Å²) < 4.78 is 70.6. The van der Waals surface area contributed by atoms with Crippen molar-refractivity contribution in [1.29, 1.82) is 0 Å². The summed E-state index contributed by atoms with van der Waals surface area (Å²) in [5.74, 6) is -1.71. The van der Waals surface area contributed by atoms with Crippen LogP contribution in [0.5, 0.6) is 0 Å². The number of benzene rings is 3. The molecule has 0 radical (unpaired) electrons. The van der Waals surface area contributed by atoms with Gasteiger partial charge >= 0.3 is 6.18 Å². The van der Waals surface area contributed by atoms with Crippen molar-refractivity contribution in [2.75, 3.05) is 0 Å². The molecule has 4 rings (SSSR count). The zero-order chi connectivity index (χ0) is 22.9. The molecule has 0 aliphatic heterocycles. The van der Waals surface area contributed by atoms with E-state index in [9.17, 15) is 26.4 Å². The molecule has 164 valence electrons. The van der Waals surface area contributed by atoms with E-state index < -0.39 is 38.9 Å². The van der Waals surface area contributed by atoms with Gasteiger partial charge in [-0.3, -0.25) is 4.79 Å². The summed E-state index contributed by atoms with van der Waals surface area (Å²) in [5.41, 5.74) is -0.0111. The van der Waals surface area contributed by atoms with Crippen molar-refractivity contribution in [2.45, 2.75) is 17.7 Å². The fraction of sp³-hybridized carbons (Fsp3) is 0.125. The Morgan fingerprint density at radius 3 is 2.25 bits per heavy atom. The normalized spacial score (nSPS) is 12.2. The predicted octanol–water partition coefficient (Wildman–Crippen LogP) is 5.80. The number of hydrogen-bond donors (Lipinski definition) is 0. The number of carbonyl (C=O) groups excluding carboxylic acids is 1. The van der Waals surface area contributed by atoms with Crippen molar-refractivity contribution >= 4 is 26.6 Å². The topological polar surface area (TPSA) is 64.3 Å². The Kier molecular flexibility index (Phi) is 5.64. The molecule has 8 heteroatoms. The highest BCUT2D eigenvalue weighted by Crippen LogP contribution is 2.32. The Hall–Kier alpha value is -3.39. The number of halogens is 3. The molecule has 0 atom stereocenters. The van der Waals surface area contributed by atoms with Crippen LogP contribution in [0.2, 0.25) is 0 Å². The summed E-state index contributed by atoms with van der Waals surface area (Å²) >= 11 is 0. The van der Waals surface area contributed by atoms with Gasteiger partial charge in [-0.1, -0.05) is 66.7 Å². The molecule has 4 nitrogen and oxygen atoms in total. The first-order chi connectivity index (χ1) is 15.1. The van der Waals surface area contributed by atoms with Gasteiger partial charge in [-0.2, -0.15) is 13.2 Å². The third kappa shape index (κ3) is 4.60. The van der Waals surface area contributed by atoms with E-state index in [0.29, 0.717) is 16.5 Å². The predicted molar refractivity (Wildman–Crippen MR) is 114 cm³/mol. The molecule has 0 spiro atoms. The van der Waals surface area contributed by atoms with E-state index in [4.69, 9.17) is 4.42 Å². The number of hydrogen-bond acceptors (Lipinski definition) is 4. The molecule has 1 heterocycles. The summed E-state index contributed by atoms with van der Waals surface area (Å²) in [4.78, 5) is 13.0. The molecule has 0 N–H and O–H groups in total. The fourth-order valence-electron chi connectivity index (χ4n) is 3.51. The van der Waals surface area contributed by atoms with Crippen LogP contribution in [-0.2, 0) is 27.5 Å². The number of para-hydroxylation sites is 1. The third-order valence-corrected chi connectivity index (χ3v) is 6.45. The summed E-state index contributed by atoms with van der Waals surface area (Å²) in [6, 6.07) is 19.2. The Balaban J connectivity index is 1.71. The van der Waals surface area contributed by atoms with Gasteiger partial charge in [-0.25, -0.2) is 8.42 Å². The molecule has 0 saturated carbocycles. The second kappa shape index (κ2) is 8.27. The van der Waals surface area contributed by atoms with Gasteiger partial charge in [-0.15, -0.1) is 0 Å². The van der Waals surface area contributed by atoms with Gasteiger partial charge in [0.2, 0.25) is 5.78 Å². The maximum atomic E-state index is 13.0. The highest BCUT2D eigenvalue weighted by atomic mass is 32.2. The van der Waals surface area contributed by atoms with E-state index in [0.717, 1.165) is 12.1 Å². The number of furan rings is 1. The van der Waals surface area contributed by atoms with Gasteiger partial charge in [0.1, 0.15) is 5.58 Å². The van der Waals surface area contributed by atoms with Crippen molar-refractivity contribution < 1.29 is 30.8 Å². The van der Waals surface area contributed by atoms with Crippen LogP contribution in [0.3, 0.4) is 0 Å². The summed E-state index contributed by atoms with van der Waals surface area (Å²) in [5, 5.41) is 0.472. The molecular formula is C24H17F3O4S. The van der Waals surface area contributed by atoms with Crippen LogP contribution in [0.1, 0.15) is 32.8 Å². The van der Waals surface area contributed by atoms with Crippen LogP contribution in [0, 0.1) is 0 Å². The standard InChI is InChI=1S/C24H17F3O4S/c25-24(26,27)18-10-6-7-16(13-18)14-32(29,30)15-20-19-11-4-5-12-21(19)31-23(20)22(28)17-8-2-1-3-9-17/h1-13H,14-15H2. The lowest BCUT2D eigenvalue weighted by molar-refractivity contribution is -0.137. The number of rotatable bonds is 6. The first-order valence-electron chi connectivity index (χ1n) is 9.61. The second-order valence-electron chi connectivity index (χ2n) is 7.33. The number of ketones is 1. The van der Waals surface area contributed by atoms with Crippen LogP contribution in [0.15, 0.2) is 83.3 Å². The zero-order valence-corrected chi connectivity index (χ0v) is 17.4. The summed E-state index contributed by atoms with van der Waals surface area (Å²) in [6.07, 6.45) is -4.57. The van der Waals surface area contributed by atoms with E-state index in [1.165, 1.54) is 12.1 Å². The van der Waals surface area contributed by atoms with E-state index in [2.05, 4.69) is 0 Å². The highest BCUT2D eigenvalue weighted by Gasteiger charge is 2.31. The first-order valence-corrected chi connectivity index (χ1v) is 11.4. The number of alkyl halides is 3. The summed E-state index contributed by atoms with van der Waals surface area (Å²) in [7, 11) is -3.93. The number of sulfone groups is 1. The lowest BCUT2D eigenvalue weighted by Crippen LogP contribution is -2.12. The third-order valence-electron chi connectivity index (χ3n) is 4.95. The lowest BCUT2D eigenvalue weighted by atomic mass is 10.0. The maximum Gasteiger partial charge on any atom is 0.416 e. The molecule has 0 aliphatic carbocycles. The molecule has 0 amide bonds. The average molecular weight is 458 g/mol. The van der Waals surface area contributed by atoms with E-state index >= 15 is 0 Å². The Morgan fingerprint density at radius 2 is 1.53 bits per heavy atom. The molecule has 0 unspecified atom stereocenters. The van der Waals surface area contributed by atoms with Gasteiger partial charge in [0.05, 0.1) is 17.1 Å². The molecular weight excluding hydrogens is 441 g/mol. The smallest absolute Gasteiger partial charge is 0.416 e. The Labute approximate surface area is 182 Å². The minimum absolute atomic E-state index is 0.0172. The number of carbonyl (C=O) groups is 1. The fourth-order valence-corrected chi connectivity index (χ4v) is 5.02. The minimum Gasteiger partial charge on any atom is -0.452 e. The van der Waals surface area contributed by atoms with E-state index in [1.807, 2.05) is 0 Å². The molecule has 32 heavy (non-hydrogen) atoms. The van der Waals surface area contributed by atoms with Gasteiger partial charge < -0.3 is 4.42 Å². The van der Waals surface area contributed by atoms with Crippen LogP contribution in [0.4, 0.5) is 13.2 Å². The SMILES string of the molecule is O=C(c1ccccc1)c1oc2ccccc2c1CS(=O)(=O)Cc1cccc(C(F)(F)F)c1. The molecule has 0 fully saturated rings. The molecule has 0 aliphatic rings. The van der Waals surface area contributed by atoms with Crippen molar-refractivity contribution in [2.24, 2.45) is 0 Å². The maximum absolute atomic E-state index is 13.0. The van der Waals surface area contributed by atoms with Crippen LogP contribution >= 0.6 is 0 Å².